The lowest BCUT2D eigenvalue weighted by atomic mass is 10.3. The van der Waals surface area contributed by atoms with E-state index in [1.807, 2.05) is 0 Å². The van der Waals surface area contributed by atoms with E-state index in [0.29, 0.717) is 5.75 Å². The number of amides is 1. The standard InChI is InChI=1S/C11H13NO5/c1-16-10(14)9(13)7-12-11(15)17-8-5-3-2-4-6-8/h2-6,9,13H,7H2,1H3,(H,12,15). The van der Waals surface area contributed by atoms with Crippen molar-refractivity contribution in [3.63, 3.8) is 0 Å². The molecule has 1 atom stereocenters. The van der Waals surface area contributed by atoms with Gasteiger partial charge in [0.05, 0.1) is 13.7 Å². The van der Waals surface area contributed by atoms with Gasteiger partial charge in [0, 0.05) is 0 Å². The summed E-state index contributed by atoms with van der Waals surface area (Å²) in [4.78, 5) is 22.0. The second kappa shape index (κ2) is 6.49. The maximum absolute atomic E-state index is 11.2. The molecule has 0 bridgehead atoms. The Morgan fingerprint density at radius 2 is 2.00 bits per heavy atom. The first-order valence-corrected chi connectivity index (χ1v) is 4.90. The molecule has 6 nitrogen and oxygen atoms in total. The third-order valence-electron chi connectivity index (χ3n) is 1.87. The van der Waals surface area contributed by atoms with Crippen molar-refractivity contribution in [2.75, 3.05) is 13.7 Å². The van der Waals surface area contributed by atoms with Gasteiger partial charge in [-0.05, 0) is 12.1 Å². The molecule has 92 valence electrons. The number of esters is 1. The molecule has 1 unspecified atom stereocenters. The number of hydrogen-bond acceptors (Lipinski definition) is 5. The van der Waals surface area contributed by atoms with Gasteiger partial charge in [0.25, 0.3) is 0 Å². The van der Waals surface area contributed by atoms with E-state index in [2.05, 4.69) is 10.1 Å². The summed E-state index contributed by atoms with van der Waals surface area (Å²) in [7, 11) is 1.15. The lowest BCUT2D eigenvalue weighted by Crippen LogP contribution is -2.38. The van der Waals surface area contributed by atoms with Crippen LogP contribution in [0.1, 0.15) is 0 Å². The van der Waals surface area contributed by atoms with E-state index in [1.165, 1.54) is 0 Å². The monoisotopic (exact) mass is 239 g/mol. The van der Waals surface area contributed by atoms with E-state index < -0.39 is 18.2 Å². The summed E-state index contributed by atoms with van der Waals surface area (Å²) in [6.45, 7) is -0.266. The molecule has 0 heterocycles. The minimum atomic E-state index is -1.40. The highest BCUT2D eigenvalue weighted by molar-refractivity contribution is 5.76. The summed E-state index contributed by atoms with van der Waals surface area (Å²) in [5, 5.41) is 11.4. The van der Waals surface area contributed by atoms with Crippen molar-refractivity contribution < 1.29 is 24.2 Å². The van der Waals surface area contributed by atoms with Gasteiger partial charge in [-0.15, -0.1) is 0 Å². The summed E-state index contributed by atoms with van der Waals surface area (Å²) in [5.74, 6) is -0.442. The summed E-state index contributed by atoms with van der Waals surface area (Å²) in [6, 6.07) is 8.43. The van der Waals surface area contributed by atoms with E-state index >= 15 is 0 Å². The van der Waals surface area contributed by atoms with Crippen LogP contribution in [0.3, 0.4) is 0 Å². The fraction of sp³-hybridized carbons (Fsp3) is 0.273. The maximum atomic E-state index is 11.2. The van der Waals surface area contributed by atoms with Gasteiger partial charge in [-0.1, -0.05) is 18.2 Å². The molecule has 0 fully saturated rings. The first kappa shape index (κ1) is 13.0. The van der Waals surface area contributed by atoms with Crippen LogP contribution < -0.4 is 10.1 Å². The highest BCUT2D eigenvalue weighted by atomic mass is 16.6. The molecule has 0 aliphatic heterocycles. The van der Waals surface area contributed by atoms with E-state index in [1.54, 1.807) is 30.3 Å². The third kappa shape index (κ3) is 4.52. The topological polar surface area (TPSA) is 84.9 Å². The normalized spacial score (nSPS) is 11.4. The van der Waals surface area contributed by atoms with E-state index in [0.717, 1.165) is 7.11 Å². The molecule has 1 rings (SSSR count). The molecular weight excluding hydrogens is 226 g/mol. The van der Waals surface area contributed by atoms with Crippen LogP contribution in [-0.4, -0.2) is 36.9 Å². The molecule has 0 radical (unpaired) electrons. The van der Waals surface area contributed by atoms with Gasteiger partial charge in [-0.3, -0.25) is 0 Å². The fourth-order valence-electron chi connectivity index (χ4n) is 1.03. The Morgan fingerprint density at radius 1 is 1.35 bits per heavy atom. The zero-order valence-corrected chi connectivity index (χ0v) is 9.25. The number of aliphatic hydroxyl groups is 1. The number of ether oxygens (including phenoxy) is 2. The largest absolute Gasteiger partial charge is 0.467 e. The zero-order valence-electron chi connectivity index (χ0n) is 9.25. The van der Waals surface area contributed by atoms with Gasteiger partial charge in [0.15, 0.2) is 6.10 Å². The van der Waals surface area contributed by atoms with Crippen LogP contribution in [0.2, 0.25) is 0 Å². The summed E-state index contributed by atoms with van der Waals surface area (Å²) < 4.78 is 9.15. The number of rotatable bonds is 4. The number of aliphatic hydroxyl groups excluding tert-OH is 1. The van der Waals surface area contributed by atoms with Crippen LogP contribution in [0.5, 0.6) is 5.75 Å². The van der Waals surface area contributed by atoms with E-state index in [4.69, 9.17) is 4.74 Å². The predicted molar refractivity (Wildman–Crippen MR) is 58.5 cm³/mol. The summed E-state index contributed by atoms with van der Waals surface area (Å²) in [6.07, 6.45) is -2.15. The Bertz CT molecular complexity index is 379. The first-order valence-electron chi connectivity index (χ1n) is 4.90. The van der Waals surface area contributed by atoms with E-state index in [-0.39, 0.29) is 6.54 Å². The molecule has 1 aromatic rings. The van der Waals surface area contributed by atoms with Crippen LogP contribution >= 0.6 is 0 Å². The summed E-state index contributed by atoms with van der Waals surface area (Å²) >= 11 is 0. The van der Waals surface area contributed by atoms with Crippen molar-refractivity contribution >= 4 is 12.1 Å². The maximum Gasteiger partial charge on any atom is 0.412 e. The molecule has 0 saturated heterocycles. The number of hydrogen-bond donors (Lipinski definition) is 2. The Balaban J connectivity index is 2.33. The van der Waals surface area contributed by atoms with Crippen molar-refractivity contribution in [1.29, 1.82) is 0 Å². The lowest BCUT2D eigenvalue weighted by molar-refractivity contribution is -0.149. The number of carbonyl (C=O) groups excluding carboxylic acids is 2. The van der Waals surface area contributed by atoms with Crippen molar-refractivity contribution in [3.05, 3.63) is 30.3 Å². The average Bonchev–Trinajstić information content (AvgIpc) is 2.36. The molecule has 0 saturated carbocycles. The predicted octanol–water partition coefficient (Wildman–Crippen LogP) is 0.309. The third-order valence-corrected chi connectivity index (χ3v) is 1.87. The average molecular weight is 239 g/mol. The van der Waals surface area contributed by atoms with Crippen molar-refractivity contribution in [1.82, 2.24) is 5.32 Å². The minimum absolute atomic E-state index is 0.266. The van der Waals surface area contributed by atoms with Gasteiger partial charge >= 0.3 is 12.1 Å². The van der Waals surface area contributed by atoms with Crippen LogP contribution in [0.4, 0.5) is 4.79 Å². The number of methoxy groups -OCH3 is 1. The van der Waals surface area contributed by atoms with Crippen molar-refractivity contribution in [2.45, 2.75) is 6.10 Å². The van der Waals surface area contributed by atoms with E-state index in [9.17, 15) is 14.7 Å². The molecule has 0 spiro atoms. The Morgan fingerprint density at radius 3 is 2.59 bits per heavy atom. The van der Waals surface area contributed by atoms with Crippen molar-refractivity contribution in [2.24, 2.45) is 0 Å². The highest BCUT2D eigenvalue weighted by Gasteiger charge is 2.16. The molecule has 1 aromatic carbocycles. The number of benzene rings is 1. The SMILES string of the molecule is COC(=O)C(O)CNC(=O)Oc1ccccc1. The van der Waals surface area contributed by atoms with Crippen LogP contribution in [0.15, 0.2) is 30.3 Å². The van der Waals surface area contributed by atoms with Gasteiger partial charge in [0.2, 0.25) is 0 Å². The van der Waals surface area contributed by atoms with Crippen LogP contribution in [0, 0.1) is 0 Å². The Labute approximate surface area is 98.2 Å². The van der Waals surface area contributed by atoms with Gasteiger partial charge in [-0.2, -0.15) is 0 Å². The second-order valence-corrected chi connectivity index (χ2v) is 3.12. The molecule has 6 heteroatoms. The fourth-order valence-corrected chi connectivity index (χ4v) is 1.03. The second-order valence-electron chi connectivity index (χ2n) is 3.12. The zero-order chi connectivity index (χ0) is 12.7. The quantitative estimate of drug-likeness (QED) is 0.738. The Kier molecular flexibility index (Phi) is 4.96. The smallest absolute Gasteiger partial charge is 0.412 e. The molecular formula is C11H13NO5. The number of nitrogens with one attached hydrogen (secondary N) is 1. The number of carbonyl (C=O) groups is 2. The molecule has 0 aromatic heterocycles. The lowest BCUT2D eigenvalue weighted by Gasteiger charge is -2.09. The Hall–Kier alpha value is -2.08. The van der Waals surface area contributed by atoms with Crippen molar-refractivity contribution in [3.8, 4) is 5.75 Å². The molecule has 17 heavy (non-hydrogen) atoms. The minimum Gasteiger partial charge on any atom is -0.467 e. The summed E-state index contributed by atoms with van der Waals surface area (Å²) in [5.41, 5.74) is 0. The van der Waals surface area contributed by atoms with Gasteiger partial charge in [-0.25, -0.2) is 9.59 Å². The number of para-hydroxylation sites is 1. The molecule has 0 aliphatic carbocycles. The van der Waals surface area contributed by atoms with Gasteiger partial charge < -0.3 is 19.9 Å². The molecule has 1 amide bonds. The molecule has 2 N–H and O–H groups in total. The van der Waals surface area contributed by atoms with Crippen LogP contribution in [-0.2, 0) is 9.53 Å². The van der Waals surface area contributed by atoms with Gasteiger partial charge in [0.1, 0.15) is 5.75 Å². The highest BCUT2D eigenvalue weighted by Crippen LogP contribution is 2.07. The van der Waals surface area contributed by atoms with Crippen LogP contribution in [0.25, 0.3) is 0 Å². The molecule has 0 aliphatic rings. The first-order chi connectivity index (χ1) is 8.13.